The Morgan fingerprint density at radius 1 is 0.274 bits per heavy atom. The summed E-state index contributed by atoms with van der Waals surface area (Å²) in [6, 6.07) is 87.3. The quantitative estimate of drug-likeness (QED) is 0.129. The minimum atomic E-state index is 0.171. The number of hydrogen-bond donors (Lipinski definition) is 0. The Morgan fingerprint density at radius 3 is 0.839 bits per heavy atom. The van der Waals surface area contributed by atoms with Crippen molar-refractivity contribution >= 4 is 34.0 Å². The van der Waals surface area contributed by atoms with E-state index in [0.29, 0.717) is 0 Å². The van der Waals surface area contributed by atoms with Gasteiger partial charge in [-0.15, -0.1) is 0 Å². The largest absolute Gasteiger partial charge is 0.334 e. The fourth-order valence-electron chi connectivity index (χ4n) is 8.55. The van der Waals surface area contributed by atoms with Crippen LogP contribution < -0.4 is 9.80 Å². The predicted molar refractivity (Wildman–Crippen MR) is 263 cm³/mol. The van der Waals surface area contributed by atoms with Crippen LogP contribution in [0.15, 0.2) is 261 Å². The van der Waals surface area contributed by atoms with Crippen LogP contribution in [0.4, 0.5) is 28.4 Å². The second-order valence-electron chi connectivity index (χ2n) is 15.7. The summed E-state index contributed by atoms with van der Waals surface area (Å²) < 4.78 is 0. The number of rotatable bonds is 11. The summed E-state index contributed by atoms with van der Waals surface area (Å²) in [6.45, 7) is 0. The average Bonchev–Trinajstić information content (AvgIpc) is 3.36. The minimum Gasteiger partial charge on any atom is -0.334 e. The maximum absolute atomic E-state index is 2.47. The number of hydrogen-bond acceptors (Lipinski definition) is 2. The Bertz CT molecular complexity index is 2820. The van der Waals surface area contributed by atoms with Crippen LogP contribution in [-0.2, 0) is 0 Å². The molecule has 2 heteroatoms. The molecule has 9 aromatic rings. The molecule has 1 unspecified atom stereocenters. The molecule has 1 atom stereocenters. The molecule has 9 aromatic carbocycles. The van der Waals surface area contributed by atoms with Crippen LogP contribution in [0.1, 0.15) is 12.0 Å². The molecule has 0 N–H and O–H groups in total. The average molecular weight is 795 g/mol. The van der Waals surface area contributed by atoms with Crippen LogP contribution in [0.3, 0.4) is 0 Å². The van der Waals surface area contributed by atoms with Crippen molar-refractivity contribution in [2.45, 2.75) is 12.5 Å². The van der Waals surface area contributed by atoms with E-state index < -0.39 is 0 Å². The van der Waals surface area contributed by atoms with E-state index >= 15 is 0 Å². The standard InChI is InChI=1S/C60H46N2/c1-5-13-45(14-6-1)49-21-33-55(34-22-49)61(56-35-23-50(24-36-56)46-15-7-2-8-16-46)59-41-29-53(30-42-59)54-31-43-60(44-32-54)62(57-37-25-51(26-38-57)47-17-9-3-10-18-47)58-39-27-52(28-40-58)48-19-11-4-12-20-48/h1-39,41-44,58H,40H2. The molecule has 0 saturated carbocycles. The van der Waals surface area contributed by atoms with Crippen LogP contribution in [0, 0.1) is 0 Å². The van der Waals surface area contributed by atoms with E-state index in [9.17, 15) is 0 Å². The highest BCUT2D eigenvalue weighted by Gasteiger charge is 2.21. The molecule has 0 radical (unpaired) electrons. The van der Waals surface area contributed by atoms with Crippen LogP contribution in [0.25, 0.3) is 50.1 Å². The van der Waals surface area contributed by atoms with Gasteiger partial charge in [-0.2, -0.15) is 0 Å². The molecule has 296 valence electrons. The summed E-state index contributed by atoms with van der Waals surface area (Å²) in [6.07, 6.45) is 7.92. The van der Waals surface area contributed by atoms with Gasteiger partial charge in [0, 0.05) is 28.4 Å². The Labute approximate surface area is 365 Å². The van der Waals surface area contributed by atoms with Gasteiger partial charge in [0.25, 0.3) is 0 Å². The first-order valence-corrected chi connectivity index (χ1v) is 21.4. The molecule has 0 fully saturated rings. The van der Waals surface area contributed by atoms with Gasteiger partial charge in [-0.05, 0) is 123 Å². The molecular weight excluding hydrogens is 749 g/mol. The van der Waals surface area contributed by atoms with Crippen LogP contribution in [0.2, 0.25) is 0 Å². The molecule has 62 heavy (non-hydrogen) atoms. The first kappa shape index (κ1) is 38.3. The summed E-state index contributed by atoms with van der Waals surface area (Å²) in [5, 5.41) is 0. The topological polar surface area (TPSA) is 6.48 Å². The minimum absolute atomic E-state index is 0.171. The second kappa shape index (κ2) is 17.7. The van der Waals surface area contributed by atoms with Crippen molar-refractivity contribution in [3.8, 4) is 44.5 Å². The van der Waals surface area contributed by atoms with Crippen LogP contribution in [-0.4, -0.2) is 6.04 Å². The molecule has 0 aliphatic heterocycles. The SMILES string of the molecule is C1=CC(N(c2ccc(-c3ccccc3)cc2)c2ccc(-c3ccc(N(c4ccc(-c5ccccc5)cc4)c4ccc(-c5ccccc5)cc4)cc3)cc2)CC=C1c1ccccc1. The van der Waals surface area contributed by atoms with Gasteiger partial charge in [0.1, 0.15) is 0 Å². The van der Waals surface area contributed by atoms with Crippen molar-refractivity contribution in [3.63, 3.8) is 0 Å². The Morgan fingerprint density at radius 2 is 0.548 bits per heavy atom. The van der Waals surface area contributed by atoms with E-state index in [4.69, 9.17) is 0 Å². The number of benzene rings is 9. The molecule has 0 heterocycles. The van der Waals surface area contributed by atoms with Gasteiger partial charge in [0.05, 0.1) is 6.04 Å². The fourth-order valence-corrected chi connectivity index (χ4v) is 8.55. The van der Waals surface area contributed by atoms with Gasteiger partial charge in [0.2, 0.25) is 0 Å². The van der Waals surface area contributed by atoms with Gasteiger partial charge in [-0.25, -0.2) is 0 Å². The third-order valence-electron chi connectivity index (χ3n) is 11.8. The van der Waals surface area contributed by atoms with Gasteiger partial charge >= 0.3 is 0 Å². The number of allylic oxidation sites excluding steroid dienone is 2. The highest BCUT2D eigenvalue weighted by molar-refractivity contribution is 5.82. The number of anilines is 5. The van der Waals surface area contributed by atoms with Gasteiger partial charge < -0.3 is 9.80 Å². The normalized spacial score (nSPS) is 13.3. The van der Waals surface area contributed by atoms with Crippen LogP contribution >= 0.6 is 0 Å². The number of nitrogens with zero attached hydrogens (tertiary/aromatic N) is 2. The zero-order valence-corrected chi connectivity index (χ0v) is 34.5. The lowest BCUT2D eigenvalue weighted by Crippen LogP contribution is -2.30. The summed E-state index contributed by atoms with van der Waals surface area (Å²) in [5.41, 5.74) is 17.8. The van der Waals surface area contributed by atoms with E-state index in [-0.39, 0.29) is 6.04 Å². The monoisotopic (exact) mass is 794 g/mol. The van der Waals surface area contributed by atoms with E-state index in [0.717, 1.165) is 29.2 Å². The molecule has 10 rings (SSSR count). The Kier molecular flexibility index (Phi) is 10.9. The molecule has 0 aromatic heterocycles. The molecule has 2 nitrogen and oxygen atoms in total. The van der Waals surface area contributed by atoms with E-state index in [1.807, 2.05) is 0 Å². The maximum atomic E-state index is 2.47. The lowest BCUT2D eigenvalue weighted by Gasteiger charge is -2.33. The zero-order valence-electron chi connectivity index (χ0n) is 34.5. The third-order valence-corrected chi connectivity index (χ3v) is 11.8. The van der Waals surface area contributed by atoms with Crippen molar-refractivity contribution in [1.82, 2.24) is 0 Å². The summed E-state index contributed by atoms with van der Waals surface area (Å²) in [5.74, 6) is 0. The second-order valence-corrected chi connectivity index (χ2v) is 15.7. The van der Waals surface area contributed by atoms with Gasteiger partial charge in [0.15, 0.2) is 0 Å². The van der Waals surface area contributed by atoms with Crippen molar-refractivity contribution in [3.05, 3.63) is 266 Å². The molecule has 0 saturated heterocycles. The van der Waals surface area contributed by atoms with Crippen molar-refractivity contribution in [2.24, 2.45) is 0 Å². The molecule has 1 aliphatic carbocycles. The first-order valence-electron chi connectivity index (χ1n) is 21.4. The summed E-state index contributed by atoms with van der Waals surface area (Å²) in [4.78, 5) is 4.81. The molecular formula is C60H46N2. The molecule has 0 bridgehead atoms. The smallest absolute Gasteiger partial charge is 0.0560 e. The lowest BCUT2D eigenvalue weighted by molar-refractivity contribution is 0.787. The van der Waals surface area contributed by atoms with Crippen LogP contribution in [0.5, 0.6) is 0 Å². The highest BCUT2D eigenvalue weighted by Crippen LogP contribution is 2.39. The zero-order chi connectivity index (χ0) is 41.5. The third kappa shape index (κ3) is 8.28. The lowest BCUT2D eigenvalue weighted by atomic mass is 9.95. The highest BCUT2D eigenvalue weighted by atomic mass is 15.2. The predicted octanol–water partition coefficient (Wildman–Crippen LogP) is 16.4. The summed E-state index contributed by atoms with van der Waals surface area (Å²) in [7, 11) is 0. The van der Waals surface area contributed by atoms with E-state index in [1.54, 1.807) is 0 Å². The van der Waals surface area contributed by atoms with Crippen molar-refractivity contribution < 1.29 is 0 Å². The maximum Gasteiger partial charge on any atom is 0.0560 e. The van der Waals surface area contributed by atoms with Crippen molar-refractivity contribution in [1.29, 1.82) is 0 Å². The van der Waals surface area contributed by atoms with Gasteiger partial charge in [-0.3, -0.25) is 0 Å². The first-order chi connectivity index (χ1) is 30.7. The van der Waals surface area contributed by atoms with Crippen molar-refractivity contribution in [2.75, 3.05) is 9.80 Å². The van der Waals surface area contributed by atoms with Gasteiger partial charge in [-0.1, -0.05) is 200 Å². The fraction of sp³-hybridized carbons (Fsp3) is 0.0333. The molecule has 0 spiro atoms. The molecule has 0 amide bonds. The summed E-state index contributed by atoms with van der Waals surface area (Å²) >= 11 is 0. The molecule has 1 aliphatic rings. The van der Waals surface area contributed by atoms with E-state index in [2.05, 4.69) is 271 Å². The Hall–Kier alpha value is -7.94. The van der Waals surface area contributed by atoms with E-state index in [1.165, 1.54) is 61.3 Å². The Balaban J connectivity index is 0.945.